The molecule has 1 aromatic rings. The van der Waals surface area contributed by atoms with Crippen molar-refractivity contribution in [1.82, 2.24) is 4.72 Å². The molecule has 118 valence electrons. The zero-order valence-electron chi connectivity index (χ0n) is 12.5. The van der Waals surface area contributed by atoms with Crippen molar-refractivity contribution in [3.63, 3.8) is 0 Å². The van der Waals surface area contributed by atoms with Crippen LogP contribution in [0.1, 0.15) is 33.6 Å². The number of hydrogen-bond donors (Lipinski definition) is 3. The second-order valence-corrected chi connectivity index (χ2v) is 7.27. The molecule has 0 aliphatic heterocycles. The Morgan fingerprint density at radius 1 is 1.24 bits per heavy atom. The number of nitrogens with one attached hydrogen (secondary N) is 2. The van der Waals surface area contributed by atoms with Gasteiger partial charge in [0.05, 0.1) is 11.3 Å². The molecule has 1 rings (SSSR count). The molecule has 7 heteroatoms. The third-order valence-electron chi connectivity index (χ3n) is 2.78. The average Bonchev–Trinajstić information content (AvgIpc) is 2.35. The Morgan fingerprint density at radius 3 is 2.29 bits per heavy atom. The fourth-order valence-corrected chi connectivity index (χ4v) is 2.98. The second-order valence-electron chi connectivity index (χ2n) is 5.50. The number of carboxylic acids is 1. The highest BCUT2D eigenvalue weighted by molar-refractivity contribution is 7.89. The summed E-state index contributed by atoms with van der Waals surface area (Å²) in [4.78, 5) is 11.0. The van der Waals surface area contributed by atoms with Crippen LogP contribution in [0.4, 0.5) is 5.69 Å². The van der Waals surface area contributed by atoms with Gasteiger partial charge in [0, 0.05) is 17.8 Å². The van der Waals surface area contributed by atoms with Crippen LogP contribution in [-0.4, -0.2) is 31.6 Å². The summed E-state index contributed by atoms with van der Waals surface area (Å²) in [6.07, 6.45) is 0.688. The fourth-order valence-electron chi connectivity index (χ4n) is 1.85. The van der Waals surface area contributed by atoms with E-state index in [1.807, 2.05) is 6.92 Å². The topological polar surface area (TPSA) is 95.5 Å². The Balaban J connectivity index is 2.81. The van der Waals surface area contributed by atoms with Gasteiger partial charge >= 0.3 is 5.97 Å². The predicted octanol–water partition coefficient (Wildman–Crippen LogP) is 2.04. The van der Waals surface area contributed by atoms with Gasteiger partial charge in [-0.05, 0) is 44.5 Å². The third kappa shape index (κ3) is 5.73. The first-order valence-corrected chi connectivity index (χ1v) is 8.24. The largest absolute Gasteiger partial charge is 0.481 e. The standard InChI is InChI=1S/C14H22N2O4S/c1-4-9-15-21(19,20)12-7-5-11(6-8-12)16-14(2,3)10-13(17)18/h5-8,15-16H,4,9-10H2,1-3H3,(H,17,18). The lowest BCUT2D eigenvalue weighted by Crippen LogP contribution is -2.33. The Bertz CT molecular complexity index is 579. The number of hydrogen-bond acceptors (Lipinski definition) is 4. The Morgan fingerprint density at radius 2 is 1.81 bits per heavy atom. The molecule has 0 fully saturated rings. The molecule has 0 unspecified atom stereocenters. The van der Waals surface area contributed by atoms with Crippen LogP contribution >= 0.6 is 0 Å². The van der Waals surface area contributed by atoms with E-state index in [-0.39, 0.29) is 11.3 Å². The number of anilines is 1. The lowest BCUT2D eigenvalue weighted by molar-refractivity contribution is -0.137. The van der Waals surface area contributed by atoms with Gasteiger partial charge in [0.25, 0.3) is 0 Å². The predicted molar refractivity (Wildman–Crippen MR) is 81.9 cm³/mol. The van der Waals surface area contributed by atoms with Crippen LogP contribution in [0.3, 0.4) is 0 Å². The maximum atomic E-state index is 11.9. The van der Waals surface area contributed by atoms with Crippen molar-refractivity contribution in [2.45, 2.75) is 44.0 Å². The van der Waals surface area contributed by atoms with Crippen LogP contribution in [0.2, 0.25) is 0 Å². The maximum absolute atomic E-state index is 11.9. The van der Waals surface area contributed by atoms with E-state index in [1.165, 1.54) is 12.1 Å². The van der Waals surface area contributed by atoms with E-state index in [0.29, 0.717) is 12.2 Å². The quantitative estimate of drug-likeness (QED) is 0.682. The van der Waals surface area contributed by atoms with Crippen molar-refractivity contribution in [3.8, 4) is 0 Å². The molecule has 0 saturated heterocycles. The molecular weight excluding hydrogens is 292 g/mol. The smallest absolute Gasteiger partial charge is 0.305 e. The van der Waals surface area contributed by atoms with Crippen molar-refractivity contribution in [1.29, 1.82) is 0 Å². The monoisotopic (exact) mass is 314 g/mol. The van der Waals surface area contributed by atoms with Crippen LogP contribution in [0, 0.1) is 0 Å². The van der Waals surface area contributed by atoms with Gasteiger partial charge in [0.15, 0.2) is 0 Å². The van der Waals surface area contributed by atoms with Gasteiger partial charge in [-0.1, -0.05) is 6.92 Å². The lowest BCUT2D eigenvalue weighted by Gasteiger charge is -2.25. The van der Waals surface area contributed by atoms with Crippen molar-refractivity contribution >= 4 is 21.7 Å². The van der Waals surface area contributed by atoms with Gasteiger partial charge in [-0.15, -0.1) is 0 Å². The maximum Gasteiger partial charge on any atom is 0.305 e. The molecule has 0 aliphatic carbocycles. The highest BCUT2D eigenvalue weighted by Crippen LogP contribution is 2.20. The first-order chi connectivity index (χ1) is 9.66. The number of sulfonamides is 1. The summed E-state index contributed by atoms with van der Waals surface area (Å²) in [5.74, 6) is -0.893. The van der Waals surface area contributed by atoms with Gasteiger partial charge in [-0.3, -0.25) is 4.79 Å². The summed E-state index contributed by atoms with van der Waals surface area (Å²) < 4.78 is 26.3. The lowest BCUT2D eigenvalue weighted by atomic mass is 10.0. The molecule has 1 aromatic carbocycles. The third-order valence-corrected chi connectivity index (χ3v) is 4.26. The first kappa shape index (κ1) is 17.5. The van der Waals surface area contributed by atoms with Crippen LogP contribution in [-0.2, 0) is 14.8 Å². The molecule has 0 spiro atoms. The second kappa shape index (κ2) is 6.91. The summed E-state index contributed by atoms with van der Waals surface area (Å²) in [5.41, 5.74) is 0.0582. The highest BCUT2D eigenvalue weighted by atomic mass is 32.2. The molecule has 6 nitrogen and oxygen atoms in total. The van der Waals surface area contributed by atoms with Crippen LogP contribution in [0.15, 0.2) is 29.2 Å². The summed E-state index contributed by atoms with van der Waals surface area (Å²) in [5, 5.41) is 11.9. The zero-order chi connectivity index (χ0) is 16.1. The molecule has 0 amide bonds. The number of carboxylic acid groups (broad SMARTS) is 1. The SMILES string of the molecule is CCCNS(=O)(=O)c1ccc(NC(C)(C)CC(=O)O)cc1. The number of rotatable bonds is 8. The van der Waals surface area contributed by atoms with Crippen molar-refractivity contribution in [2.24, 2.45) is 0 Å². The molecule has 0 atom stereocenters. The average molecular weight is 314 g/mol. The normalized spacial score (nSPS) is 12.1. The van der Waals surface area contributed by atoms with Gasteiger partial charge in [0.2, 0.25) is 10.0 Å². The highest BCUT2D eigenvalue weighted by Gasteiger charge is 2.21. The molecule has 0 heterocycles. The van der Waals surface area contributed by atoms with E-state index >= 15 is 0 Å². The van der Waals surface area contributed by atoms with Crippen molar-refractivity contribution in [3.05, 3.63) is 24.3 Å². The summed E-state index contributed by atoms with van der Waals surface area (Å²) in [7, 11) is -3.47. The van der Waals surface area contributed by atoms with E-state index in [9.17, 15) is 13.2 Å². The molecule has 0 saturated carbocycles. The van der Waals surface area contributed by atoms with E-state index in [4.69, 9.17) is 5.11 Å². The first-order valence-electron chi connectivity index (χ1n) is 6.76. The fraction of sp³-hybridized carbons (Fsp3) is 0.500. The Hall–Kier alpha value is -1.60. The number of aliphatic carboxylic acids is 1. The van der Waals surface area contributed by atoms with Crippen molar-refractivity contribution < 1.29 is 18.3 Å². The van der Waals surface area contributed by atoms with Crippen LogP contribution in [0.25, 0.3) is 0 Å². The Kier molecular flexibility index (Phi) is 5.74. The molecule has 0 radical (unpaired) electrons. The van der Waals surface area contributed by atoms with E-state index in [1.54, 1.807) is 26.0 Å². The van der Waals surface area contributed by atoms with Gasteiger partial charge in [-0.25, -0.2) is 13.1 Å². The van der Waals surface area contributed by atoms with Crippen LogP contribution < -0.4 is 10.0 Å². The molecule has 21 heavy (non-hydrogen) atoms. The molecule has 3 N–H and O–H groups in total. The molecular formula is C14H22N2O4S. The Labute approximate surface area is 125 Å². The summed E-state index contributed by atoms with van der Waals surface area (Å²) in [6, 6.07) is 6.25. The van der Waals surface area contributed by atoms with E-state index < -0.39 is 21.5 Å². The minimum atomic E-state index is -3.47. The van der Waals surface area contributed by atoms with E-state index in [2.05, 4.69) is 10.0 Å². The van der Waals surface area contributed by atoms with Gasteiger partial charge < -0.3 is 10.4 Å². The molecule has 0 aliphatic rings. The van der Waals surface area contributed by atoms with Gasteiger partial charge in [-0.2, -0.15) is 0 Å². The van der Waals surface area contributed by atoms with Crippen LogP contribution in [0.5, 0.6) is 0 Å². The van der Waals surface area contributed by atoms with E-state index in [0.717, 1.165) is 6.42 Å². The molecule has 0 aromatic heterocycles. The zero-order valence-corrected chi connectivity index (χ0v) is 13.3. The summed E-state index contributed by atoms with van der Waals surface area (Å²) in [6.45, 7) is 5.83. The van der Waals surface area contributed by atoms with Crippen molar-refractivity contribution in [2.75, 3.05) is 11.9 Å². The number of benzene rings is 1. The summed E-state index contributed by atoms with van der Waals surface area (Å²) >= 11 is 0. The minimum absolute atomic E-state index is 0.0366. The minimum Gasteiger partial charge on any atom is -0.481 e. The molecule has 0 bridgehead atoms. The number of carbonyl (C=O) groups is 1. The van der Waals surface area contributed by atoms with Gasteiger partial charge in [0.1, 0.15) is 0 Å².